The first kappa shape index (κ1) is 19.1. The van der Waals surface area contributed by atoms with Crippen molar-refractivity contribution in [2.45, 2.75) is 0 Å². The third kappa shape index (κ3) is 4.88. The second-order valence-electron chi connectivity index (χ2n) is 4.65. The van der Waals surface area contributed by atoms with Gasteiger partial charge in [-0.1, -0.05) is 0 Å². The van der Waals surface area contributed by atoms with Crippen LogP contribution in [0.5, 0.6) is 11.5 Å². The minimum Gasteiger partial charge on any atom is -0.428 e. The minimum absolute atomic E-state index is 0.122. The van der Waals surface area contributed by atoms with E-state index < -0.39 is 30.0 Å². The molecule has 0 aliphatic rings. The molecule has 2 aromatic rings. The van der Waals surface area contributed by atoms with Crippen LogP contribution < -0.4 is 9.47 Å². The van der Waals surface area contributed by atoms with Gasteiger partial charge in [0.05, 0.1) is 0 Å². The fourth-order valence-corrected chi connectivity index (χ4v) is 1.80. The van der Waals surface area contributed by atoms with Gasteiger partial charge in [-0.05, 0) is 48.5 Å². The summed E-state index contributed by atoms with van der Waals surface area (Å²) < 4.78 is 81.6. The minimum atomic E-state index is -2.62. The number of halogens is 6. The molecule has 0 atom stereocenters. The van der Waals surface area contributed by atoms with Gasteiger partial charge < -0.3 is 9.47 Å². The molecule has 3 nitrogen and oxygen atoms in total. The Morgan fingerprint density at radius 1 is 0.577 bits per heavy atom. The molecule has 0 bridgehead atoms. The zero-order chi connectivity index (χ0) is 19.3. The van der Waals surface area contributed by atoms with Crippen LogP contribution in [-0.4, -0.2) is 5.78 Å². The Balaban J connectivity index is 2.11. The molecule has 0 spiro atoms. The Hall–Kier alpha value is -3.23. The molecular weight excluding hydrogens is 366 g/mol. The van der Waals surface area contributed by atoms with Crippen LogP contribution in [-0.2, 0) is 0 Å². The maximum atomic E-state index is 12.7. The van der Waals surface area contributed by atoms with Gasteiger partial charge in [0, 0.05) is 11.1 Å². The van der Waals surface area contributed by atoms with Gasteiger partial charge in [0.2, 0.25) is 0 Å². The number of ketones is 1. The van der Waals surface area contributed by atoms with Gasteiger partial charge in [-0.3, -0.25) is 4.79 Å². The van der Waals surface area contributed by atoms with E-state index in [0.29, 0.717) is 0 Å². The standard InChI is InChI=1S/C17H8F6O3/c18-14(19)16(22)25-11-5-1-9(2-6-11)13(24)10-3-7-12(8-4-10)26-17(23)15(20)21/h1-8H. The van der Waals surface area contributed by atoms with Gasteiger partial charge in [0.1, 0.15) is 11.5 Å². The number of hydrogen-bond donors (Lipinski definition) is 0. The van der Waals surface area contributed by atoms with Gasteiger partial charge in [-0.25, -0.2) is 0 Å². The Morgan fingerprint density at radius 3 is 1.15 bits per heavy atom. The number of hydrogen-bond acceptors (Lipinski definition) is 3. The Kier molecular flexibility index (Phi) is 6.05. The fraction of sp³-hybridized carbons (Fsp3) is 0. The summed E-state index contributed by atoms with van der Waals surface area (Å²) in [7, 11) is 0. The molecule has 26 heavy (non-hydrogen) atoms. The molecule has 0 saturated carbocycles. The van der Waals surface area contributed by atoms with Crippen LogP contribution in [0.15, 0.2) is 72.7 Å². The molecule has 0 aliphatic carbocycles. The summed E-state index contributed by atoms with van der Waals surface area (Å²) in [6, 6.07) is 5.19. The molecule has 0 heterocycles. The van der Waals surface area contributed by atoms with Crippen molar-refractivity contribution in [2.75, 3.05) is 0 Å². The second-order valence-corrected chi connectivity index (χ2v) is 4.65. The van der Waals surface area contributed by atoms with E-state index in [4.69, 9.17) is 0 Å². The van der Waals surface area contributed by atoms with Crippen molar-refractivity contribution in [2.24, 2.45) is 0 Å². The van der Waals surface area contributed by atoms with E-state index in [1.54, 1.807) is 0 Å². The van der Waals surface area contributed by atoms with E-state index in [0.717, 1.165) is 24.3 Å². The normalized spacial score (nSPS) is 10.1. The quantitative estimate of drug-likeness (QED) is 0.367. The van der Waals surface area contributed by atoms with E-state index >= 15 is 0 Å². The van der Waals surface area contributed by atoms with Crippen LogP contribution in [0, 0.1) is 0 Å². The van der Waals surface area contributed by atoms with Crippen LogP contribution in [0.2, 0.25) is 0 Å². The third-order valence-electron chi connectivity index (χ3n) is 2.95. The summed E-state index contributed by atoms with van der Waals surface area (Å²) >= 11 is 0. The molecule has 0 N–H and O–H groups in total. The van der Waals surface area contributed by atoms with Gasteiger partial charge in [0.25, 0.3) is 0 Å². The van der Waals surface area contributed by atoms with Gasteiger partial charge in [-0.15, -0.1) is 0 Å². The van der Waals surface area contributed by atoms with Crippen molar-refractivity contribution in [3.8, 4) is 11.5 Å². The predicted octanol–water partition coefficient (Wildman–Crippen LogP) is 5.75. The first-order valence-electron chi connectivity index (χ1n) is 6.80. The molecule has 0 saturated heterocycles. The molecule has 9 heteroatoms. The van der Waals surface area contributed by atoms with Crippen LogP contribution in [0.4, 0.5) is 26.3 Å². The van der Waals surface area contributed by atoms with Gasteiger partial charge in [-0.2, -0.15) is 26.3 Å². The van der Waals surface area contributed by atoms with Crippen molar-refractivity contribution in [1.29, 1.82) is 0 Å². The second kappa shape index (κ2) is 8.24. The number of ether oxygens (including phenoxy) is 2. The zero-order valence-electron chi connectivity index (χ0n) is 12.6. The highest BCUT2D eigenvalue weighted by Gasteiger charge is 2.13. The monoisotopic (exact) mass is 374 g/mol. The molecule has 0 fully saturated rings. The lowest BCUT2D eigenvalue weighted by Gasteiger charge is -2.06. The molecule has 0 aromatic heterocycles. The fourth-order valence-electron chi connectivity index (χ4n) is 1.80. The highest BCUT2D eigenvalue weighted by Crippen LogP contribution is 2.22. The largest absolute Gasteiger partial charge is 0.428 e. The zero-order valence-corrected chi connectivity index (χ0v) is 12.6. The Bertz CT molecular complexity index is 778. The van der Waals surface area contributed by atoms with E-state index in [2.05, 4.69) is 9.47 Å². The number of benzene rings is 2. The SMILES string of the molecule is O=C(c1ccc(OC(F)=C(F)F)cc1)c1ccc(OC(F)=C(F)F)cc1. The lowest BCUT2D eigenvalue weighted by atomic mass is 10.0. The predicted molar refractivity (Wildman–Crippen MR) is 78.3 cm³/mol. The van der Waals surface area contributed by atoms with E-state index in [1.807, 2.05) is 0 Å². The summed E-state index contributed by atoms with van der Waals surface area (Å²) in [6.07, 6.45) is -5.24. The summed E-state index contributed by atoms with van der Waals surface area (Å²) in [5.41, 5.74) is 0.244. The summed E-state index contributed by atoms with van der Waals surface area (Å²) in [4.78, 5) is 12.2. The molecule has 0 amide bonds. The lowest BCUT2D eigenvalue weighted by molar-refractivity contribution is 0.103. The van der Waals surface area contributed by atoms with Crippen molar-refractivity contribution in [3.63, 3.8) is 0 Å². The van der Waals surface area contributed by atoms with Crippen LogP contribution in [0.25, 0.3) is 0 Å². The summed E-state index contributed by atoms with van der Waals surface area (Å²) in [6.45, 7) is 0. The summed E-state index contributed by atoms with van der Waals surface area (Å²) in [5, 5.41) is 0. The molecule has 0 unspecified atom stereocenters. The van der Waals surface area contributed by atoms with Crippen LogP contribution in [0.1, 0.15) is 15.9 Å². The number of rotatable bonds is 6. The molecule has 0 aliphatic heterocycles. The maximum absolute atomic E-state index is 12.7. The third-order valence-corrected chi connectivity index (χ3v) is 2.95. The van der Waals surface area contributed by atoms with Gasteiger partial charge >= 0.3 is 24.2 Å². The highest BCUT2D eigenvalue weighted by molar-refractivity contribution is 6.09. The Morgan fingerprint density at radius 2 is 0.885 bits per heavy atom. The summed E-state index contributed by atoms with van der Waals surface area (Å²) in [5.74, 6) is -0.999. The van der Waals surface area contributed by atoms with E-state index in [-0.39, 0.29) is 22.6 Å². The topological polar surface area (TPSA) is 35.5 Å². The molecule has 0 radical (unpaired) electrons. The number of carbonyl (C=O) groups is 1. The maximum Gasteiger partial charge on any atom is 0.344 e. The molecule has 2 aromatic carbocycles. The van der Waals surface area contributed by atoms with E-state index in [1.165, 1.54) is 24.3 Å². The van der Waals surface area contributed by atoms with Crippen molar-refractivity contribution < 1.29 is 40.6 Å². The smallest absolute Gasteiger partial charge is 0.344 e. The average Bonchev–Trinajstić information content (AvgIpc) is 2.62. The van der Waals surface area contributed by atoms with Gasteiger partial charge in [0.15, 0.2) is 5.78 Å². The lowest BCUT2D eigenvalue weighted by Crippen LogP contribution is -2.01. The number of carbonyl (C=O) groups excluding carboxylic acids is 1. The Labute approximate surface area is 142 Å². The highest BCUT2D eigenvalue weighted by atomic mass is 19.3. The average molecular weight is 374 g/mol. The van der Waals surface area contributed by atoms with Crippen molar-refractivity contribution in [3.05, 3.63) is 83.8 Å². The van der Waals surface area contributed by atoms with Crippen LogP contribution >= 0.6 is 0 Å². The first-order chi connectivity index (χ1) is 12.3. The molecular formula is C17H8F6O3. The first-order valence-corrected chi connectivity index (χ1v) is 6.80. The van der Waals surface area contributed by atoms with Crippen molar-refractivity contribution >= 4 is 5.78 Å². The van der Waals surface area contributed by atoms with E-state index in [9.17, 15) is 31.1 Å². The van der Waals surface area contributed by atoms with Crippen molar-refractivity contribution in [1.82, 2.24) is 0 Å². The van der Waals surface area contributed by atoms with Crippen LogP contribution in [0.3, 0.4) is 0 Å². The molecule has 2 rings (SSSR count). The molecule has 136 valence electrons.